The minimum absolute atomic E-state index is 0.168. The largest absolute Gasteiger partial charge is 0.472 e. The highest BCUT2D eigenvalue weighted by Gasteiger charge is 2.57. The molecule has 498 valence electrons. The van der Waals surface area contributed by atoms with Crippen LogP contribution in [0.5, 0.6) is 0 Å². The number of carbonyl (C=O) groups excluding carboxylic acids is 5. The number of methoxy groups -OCH3 is 2. The fraction of sp³-hybridized carbons (Fsp3) is 0.536. The second kappa shape index (κ2) is 29.3. The summed E-state index contributed by atoms with van der Waals surface area (Å²) >= 11 is 0. The lowest BCUT2D eigenvalue weighted by Gasteiger charge is -2.47. The van der Waals surface area contributed by atoms with Crippen LogP contribution in [0.4, 0.5) is 59.4 Å². The quantitative estimate of drug-likeness (QED) is 0.00769. The Bertz CT molecular complexity index is 3310. The summed E-state index contributed by atoms with van der Waals surface area (Å²) in [5, 5.41) is 10.2. The average molecular weight is 1320 g/mol. The molecule has 3 aliphatic heterocycles. The van der Waals surface area contributed by atoms with E-state index in [1.165, 1.54) is 24.3 Å². The van der Waals surface area contributed by atoms with Crippen LogP contribution in [-0.2, 0) is 55.4 Å². The van der Waals surface area contributed by atoms with Gasteiger partial charge in [0.05, 0.1) is 55.6 Å². The Morgan fingerprint density at radius 3 is 1.84 bits per heavy atom. The highest BCUT2D eigenvalue weighted by molar-refractivity contribution is 7.46. The van der Waals surface area contributed by atoms with Crippen LogP contribution in [0.25, 0.3) is 11.3 Å². The zero-order valence-electron chi connectivity index (χ0n) is 49.6. The molecule has 3 saturated heterocycles. The molecular weight excluding hydrogens is 1260 g/mol. The summed E-state index contributed by atoms with van der Waals surface area (Å²) in [6.45, 7) is -1.73. The van der Waals surface area contributed by atoms with Crippen molar-refractivity contribution in [2.24, 2.45) is 16.7 Å². The summed E-state index contributed by atoms with van der Waals surface area (Å²) in [5.41, 5.74) is -4.97. The molecule has 6 N–H and O–H groups in total. The molecule has 3 fully saturated rings. The summed E-state index contributed by atoms with van der Waals surface area (Å²) in [4.78, 5) is 99.8. The van der Waals surface area contributed by atoms with Crippen LogP contribution in [0.15, 0.2) is 61.1 Å². The lowest BCUT2D eigenvalue weighted by atomic mass is 9.82. The van der Waals surface area contributed by atoms with Gasteiger partial charge in [-0.05, 0) is 95.2 Å². The zero-order valence-corrected chi connectivity index (χ0v) is 50.5. The van der Waals surface area contributed by atoms with Crippen molar-refractivity contribution in [2.75, 3.05) is 58.8 Å². The Labute approximate surface area is 514 Å². The van der Waals surface area contributed by atoms with Crippen molar-refractivity contribution in [3.8, 4) is 23.1 Å². The lowest BCUT2D eigenvalue weighted by Crippen LogP contribution is -2.63. The van der Waals surface area contributed by atoms with Gasteiger partial charge >= 0.3 is 44.9 Å². The van der Waals surface area contributed by atoms with Crippen molar-refractivity contribution in [2.45, 2.75) is 121 Å². The maximum absolute atomic E-state index is 16.4. The number of hydrogen-bond donors (Lipinski definition) is 6. The Morgan fingerprint density at radius 2 is 1.34 bits per heavy atom. The van der Waals surface area contributed by atoms with E-state index in [1.54, 1.807) is 17.7 Å². The number of nitrogens with one attached hydrogen (secondary N) is 4. The number of aromatic nitrogens is 4. The maximum atomic E-state index is 16.4. The number of alkyl halides is 8. The number of esters is 1. The molecule has 2 bridgehead atoms. The number of anilines is 1. The van der Waals surface area contributed by atoms with Crippen LogP contribution in [-0.4, -0.2) is 172 Å². The van der Waals surface area contributed by atoms with E-state index in [1.807, 2.05) is 5.32 Å². The zero-order chi connectivity index (χ0) is 67.0. The molecule has 24 nitrogen and oxygen atoms in total. The number of phosphoric acid groups is 1. The number of alkyl carbamates (subject to hydrolysis) is 2. The van der Waals surface area contributed by atoms with Gasteiger partial charge in [0.15, 0.2) is 0 Å². The van der Waals surface area contributed by atoms with Crippen LogP contribution >= 0.6 is 7.82 Å². The van der Waals surface area contributed by atoms with Gasteiger partial charge in [-0.25, -0.2) is 47.1 Å². The molecule has 35 heteroatoms. The third kappa shape index (κ3) is 18.1. The number of ether oxygens (including phenoxy) is 4. The third-order valence-corrected chi connectivity index (χ3v) is 16.4. The molecule has 2 unspecified atom stereocenters. The number of hydrogen-bond acceptors (Lipinski definition) is 17. The molecule has 5 heterocycles. The first-order valence-corrected chi connectivity index (χ1v) is 29.5. The monoisotopic (exact) mass is 1320 g/mol. The molecule has 0 radical (unpaired) electrons. The number of fused-ring (bicyclic) bond motifs is 2. The van der Waals surface area contributed by atoms with E-state index in [9.17, 15) is 73.4 Å². The van der Waals surface area contributed by atoms with E-state index in [0.29, 0.717) is 93.3 Å². The van der Waals surface area contributed by atoms with Gasteiger partial charge in [0.2, 0.25) is 18.6 Å². The standard InChI is InChI=1S/C56H66F10N11O13P/c1-53(2,55(61,62)63)45(70-51(81)86-5)47(79)69-43(19-32-10-7-31(8-11-32)9-12-33-22-67-50(68-23-33)74-25-36-14-15-37(26-74)77(36)38-28-88-29-38)34(13-16-44(78)89-30-90-91(83,84)85)24-75(73-48(80)46(71-52(82)87-6)54(3,4)56(64,65)66)27-39-40(57)20-35(21-41(39)58)42-17-18-76(72-42)49(59)60/h7-8,10-11,17-18,20-23,34,36-38,43,45-46,49H,13-16,19,24-30H2,1-6H3,(H,69,79)(H,70,81)(H,71,82)(H,73,80)(H2,83,84,85)/t34-,36?,37?,43-,45+,46+/m0/s1. The second-order valence-electron chi connectivity index (χ2n) is 22.8. The minimum atomic E-state index is -5.31. The summed E-state index contributed by atoms with van der Waals surface area (Å²) in [6.07, 6.45) is -9.75. The number of hydrazine groups is 1. The van der Waals surface area contributed by atoms with E-state index >= 15 is 8.78 Å². The summed E-state index contributed by atoms with van der Waals surface area (Å²) in [5.74, 6) is -2.75. The first-order chi connectivity index (χ1) is 42.6. The van der Waals surface area contributed by atoms with E-state index in [-0.39, 0.29) is 15.9 Å². The third-order valence-electron chi connectivity index (χ3n) is 16.0. The number of benzene rings is 2. The van der Waals surface area contributed by atoms with Crippen molar-refractivity contribution in [3.05, 3.63) is 94.9 Å². The van der Waals surface area contributed by atoms with Crippen LogP contribution in [0, 0.1) is 40.2 Å². The van der Waals surface area contributed by atoms with Crippen molar-refractivity contribution >= 4 is 43.7 Å². The van der Waals surface area contributed by atoms with Crippen LogP contribution in [0.3, 0.4) is 0 Å². The fourth-order valence-electron chi connectivity index (χ4n) is 10.5. The topological polar surface area (TPSA) is 290 Å². The molecule has 6 atom stereocenters. The molecule has 2 aromatic heterocycles. The Kier molecular flexibility index (Phi) is 22.8. The van der Waals surface area contributed by atoms with Gasteiger partial charge in [0, 0.05) is 86.0 Å². The van der Waals surface area contributed by atoms with Gasteiger partial charge < -0.3 is 49.6 Å². The van der Waals surface area contributed by atoms with Gasteiger partial charge in [0.1, 0.15) is 23.7 Å². The van der Waals surface area contributed by atoms with Gasteiger partial charge in [-0.3, -0.25) is 24.7 Å². The molecule has 3 aliphatic rings. The summed E-state index contributed by atoms with van der Waals surface area (Å²) in [7, 11) is -3.73. The molecule has 4 amide bonds. The molecule has 4 aromatic rings. The minimum Gasteiger partial charge on any atom is -0.453 e. The smallest absolute Gasteiger partial charge is 0.453 e. The van der Waals surface area contributed by atoms with E-state index in [0.717, 1.165) is 52.4 Å². The van der Waals surface area contributed by atoms with Crippen molar-refractivity contribution in [1.29, 1.82) is 0 Å². The number of halogens is 10. The van der Waals surface area contributed by atoms with Gasteiger partial charge in [-0.15, -0.1) is 0 Å². The highest BCUT2D eigenvalue weighted by atomic mass is 31.2. The van der Waals surface area contributed by atoms with Gasteiger partial charge in [-0.2, -0.15) is 40.2 Å². The number of phosphoric ester groups is 1. The van der Waals surface area contributed by atoms with E-state index < -0.39 is 153 Å². The molecule has 91 heavy (non-hydrogen) atoms. The summed E-state index contributed by atoms with van der Waals surface area (Å²) < 4.78 is 184. The van der Waals surface area contributed by atoms with Crippen LogP contribution in [0.2, 0.25) is 0 Å². The van der Waals surface area contributed by atoms with Crippen LogP contribution in [0.1, 0.15) is 82.2 Å². The van der Waals surface area contributed by atoms with Gasteiger partial charge in [-0.1, -0.05) is 24.0 Å². The first kappa shape index (κ1) is 70.8. The number of nitrogens with zero attached hydrogens (tertiary/aromatic N) is 7. The lowest BCUT2D eigenvalue weighted by molar-refractivity contribution is -0.221. The SMILES string of the molecule is COC(=O)N[C@H](C(=O)N[C@@H](Cc1ccc(C#Cc2cnc(N3CC4CCC(C3)N4C3COC3)nc2)cc1)[C@@H](CCC(=O)OCOP(=O)(O)O)CN(Cc1c(F)cc(-c2ccn(C(F)F)n2)cc1F)NC(=O)[C@@H](NC(=O)OC)C(C)(C)C(F)(F)F)C(C)(C)C(F)(F)F. The number of carbonyl (C=O) groups is 5. The Balaban J connectivity index is 1.28. The second-order valence-corrected chi connectivity index (χ2v) is 24.1. The van der Waals surface area contributed by atoms with Crippen molar-refractivity contribution < 1.29 is 106 Å². The number of piperazine rings is 1. The molecule has 7 rings (SSSR count). The predicted octanol–water partition coefficient (Wildman–Crippen LogP) is 6.66. The first-order valence-electron chi connectivity index (χ1n) is 28.0. The highest BCUT2D eigenvalue weighted by Crippen LogP contribution is 2.43. The maximum Gasteiger partial charge on any atom is 0.472 e. The van der Waals surface area contributed by atoms with E-state index in [4.69, 9.17) is 9.47 Å². The number of rotatable bonds is 25. The molecule has 0 aliphatic carbocycles. The van der Waals surface area contributed by atoms with Crippen molar-refractivity contribution in [1.82, 2.24) is 51.0 Å². The Hall–Kier alpha value is -7.67. The number of amides is 4. The fourth-order valence-corrected chi connectivity index (χ4v) is 10.7. The molecule has 0 spiro atoms. The van der Waals surface area contributed by atoms with E-state index in [2.05, 4.69) is 61.4 Å². The molecule has 0 saturated carbocycles. The van der Waals surface area contributed by atoms with Crippen LogP contribution < -0.4 is 26.3 Å². The predicted molar refractivity (Wildman–Crippen MR) is 298 cm³/mol. The normalized spacial score (nSPS) is 17.9. The van der Waals surface area contributed by atoms with Gasteiger partial charge in [0.25, 0.3) is 5.91 Å². The summed E-state index contributed by atoms with van der Waals surface area (Å²) in [6, 6.07) is 2.33. The Morgan fingerprint density at radius 1 is 0.791 bits per heavy atom. The molecule has 2 aromatic carbocycles. The van der Waals surface area contributed by atoms with Crippen molar-refractivity contribution in [3.63, 3.8) is 0 Å². The average Bonchev–Trinajstić information content (AvgIpc) is 1.78. The molecular formula is C56H66F10N11O13P.